The predicted octanol–water partition coefficient (Wildman–Crippen LogP) is 3.91. The third kappa shape index (κ3) is 6.92. The van der Waals surface area contributed by atoms with Gasteiger partial charge >= 0.3 is 5.97 Å². The summed E-state index contributed by atoms with van der Waals surface area (Å²) in [5, 5.41) is 24.3. The lowest BCUT2D eigenvalue weighted by molar-refractivity contribution is -0.124. The van der Waals surface area contributed by atoms with Gasteiger partial charge in [-0.15, -0.1) is 0 Å². The monoisotopic (exact) mass is 615 g/mol. The van der Waals surface area contributed by atoms with Crippen molar-refractivity contribution >= 4 is 39.2 Å². The topological polar surface area (TPSA) is 153 Å². The van der Waals surface area contributed by atoms with Gasteiger partial charge in [0.1, 0.15) is 23.2 Å². The normalized spacial score (nSPS) is 16.0. The molecule has 9 nitrogen and oxygen atoms in total. The number of carboxylic acids is 1. The van der Waals surface area contributed by atoms with Crippen molar-refractivity contribution in [2.75, 3.05) is 11.5 Å². The molecule has 2 amide bonds. The number of nitrogens with one attached hydrogen (secondary N) is 2. The molecule has 13 heteroatoms. The quantitative estimate of drug-likeness (QED) is 0.347. The Hall–Kier alpha value is -4.34. The second kappa shape index (κ2) is 12.3. The molecule has 1 heterocycles. The zero-order valence-electron chi connectivity index (χ0n) is 21.9. The van der Waals surface area contributed by atoms with Gasteiger partial charge in [-0.2, -0.15) is 5.26 Å². The van der Waals surface area contributed by atoms with Crippen LogP contribution in [-0.2, 0) is 21.1 Å². The first-order valence-corrected chi connectivity index (χ1v) is 14.8. The molecule has 1 aliphatic rings. The van der Waals surface area contributed by atoms with E-state index in [0.29, 0.717) is 11.1 Å². The number of nitriles is 1. The van der Waals surface area contributed by atoms with E-state index in [0.717, 1.165) is 18.2 Å². The van der Waals surface area contributed by atoms with E-state index in [1.54, 1.807) is 0 Å². The summed E-state index contributed by atoms with van der Waals surface area (Å²) >= 11 is 6.23. The number of hydrogen-bond acceptors (Lipinski definition) is 6. The second-order valence-corrected chi connectivity index (χ2v) is 12.6. The molecule has 218 valence electrons. The summed E-state index contributed by atoms with van der Waals surface area (Å²) in [6, 6.07) is 13.5. The summed E-state index contributed by atoms with van der Waals surface area (Å²) in [5.41, 5.74) is -1.01. The third-order valence-corrected chi connectivity index (χ3v) is 9.00. The third-order valence-electron chi connectivity index (χ3n) is 7.02. The van der Waals surface area contributed by atoms with Crippen LogP contribution in [0.2, 0.25) is 5.02 Å². The first-order chi connectivity index (χ1) is 19.8. The van der Waals surface area contributed by atoms with Crippen LogP contribution in [0.3, 0.4) is 0 Å². The number of rotatable bonds is 8. The highest BCUT2D eigenvalue weighted by Crippen LogP contribution is 2.29. The molecule has 1 saturated heterocycles. The number of carboxylic acid groups (broad SMARTS) is 1. The van der Waals surface area contributed by atoms with Crippen molar-refractivity contribution in [1.29, 1.82) is 5.26 Å². The van der Waals surface area contributed by atoms with E-state index in [9.17, 15) is 42.0 Å². The van der Waals surface area contributed by atoms with Crippen molar-refractivity contribution in [3.8, 4) is 17.2 Å². The van der Waals surface area contributed by atoms with Gasteiger partial charge in [-0.1, -0.05) is 29.8 Å². The van der Waals surface area contributed by atoms with E-state index in [2.05, 4.69) is 10.6 Å². The van der Waals surface area contributed by atoms with Crippen LogP contribution in [-0.4, -0.2) is 54.4 Å². The van der Waals surface area contributed by atoms with Gasteiger partial charge in [-0.25, -0.2) is 22.0 Å². The minimum Gasteiger partial charge on any atom is -0.478 e. The van der Waals surface area contributed by atoms with Gasteiger partial charge in [-0.3, -0.25) is 9.59 Å². The maximum absolute atomic E-state index is 14.5. The Morgan fingerprint density at radius 1 is 1.00 bits per heavy atom. The van der Waals surface area contributed by atoms with Crippen molar-refractivity contribution in [3.05, 3.63) is 94.0 Å². The molecule has 1 fully saturated rings. The molecule has 3 aromatic carbocycles. The Bertz CT molecular complexity index is 1670. The average molecular weight is 616 g/mol. The molecule has 42 heavy (non-hydrogen) atoms. The fourth-order valence-corrected chi connectivity index (χ4v) is 6.29. The molecule has 1 atom stereocenters. The molecule has 3 aromatic rings. The molecule has 0 bridgehead atoms. The van der Waals surface area contributed by atoms with Crippen molar-refractivity contribution in [3.63, 3.8) is 0 Å². The number of amides is 2. The van der Waals surface area contributed by atoms with Crippen LogP contribution in [0.25, 0.3) is 11.1 Å². The van der Waals surface area contributed by atoms with E-state index in [4.69, 9.17) is 11.6 Å². The molecule has 1 aliphatic heterocycles. The summed E-state index contributed by atoms with van der Waals surface area (Å²) in [4.78, 5) is 37.9. The highest BCUT2D eigenvalue weighted by atomic mass is 35.5. The van der Waals surface area contributed by atoms with Crippen LogP contribution >= 0.6 is 11.6 Å². The Morgan fingerprint density at radius 2 is 1.60 bits per heavy atom. The highest BCUT2D eigenvalue weighted by Gasteiger charge is 2.40. The van der Waals surface area contributed by atoms with Crippen molar-refractivity contribution in [2.45, 2.75) is 30.8 Å². The van der Waals surface area contributed by atoms with Crippen LogP contribution in [0.15, 0.2) is 60.7 Å². The minimum atomic E-state index is -3.38. The summed E-state index contributed by atoms with van der Waals surface area (Å²) in [5.74, 6) is -5.37. The zero-order valence-corrected chi connectivity index (χ0v) is 23.4. The highest BCUT2D eigenvalue weighted by molar-refractivity contribution is 7.91. The second-order valence-electron chi connectivity index (χ2n) is 9.84. The molecule has 0 unspecified atom stereocenters. The first-order valence-electron chi connectivity index (χ1n) is 12.6. The van der Waals surface area contributed by atoms with Gasteiger partial charge in [0.05, 0.1) is 23.1 Å². The lowest BCUT2D eigenvalue weighted by Crippen LogP contribution is -2.58. The summed E-state index contributed by atoms with van der Waals surface area (Å²) in [6.45, 7) is 0. The fraction of sp³-hybridized carbons (Fsp3) is 0.241. The lowest BCUT2D eigenvalue weighted by atomic mass is 9.93. The Morgan fingerprint density at radius 3 is 2.17 bits per heavy atom. The summed E-state index contributed by atoms with van der Waals surface area (Å²) in [6.07, 6.45) is -0.954. The molecular formula is C29H24ClF2N3O6S. The number of aromatic carboxylic acids is 1. The van der Waals surface area contributed by atoms with Crippen LogP contribution in [0.1, 0.15) is 39.1 Å². The van der Waals surface area contributed by atoms with E-state index in [1.165, 1.54) is 42.5 Å². The predicted molar refractivity (Wildman–Crippen MR) is 150 cm³/mol. The maximum atomic E-state index is 14.5. The summed E-state index contributed by atoms with van der Waals surface area (Å²) in [7, 11) is -3.38. The van der Waals surface area contributed by atoms with Crippen molar-refractivity contribution in [1.82, 2.24) is 10.6 Å². The van der Waals surface area contributed by atoms with Crippen LogP contribution in [0.4, 0.5) is 8.78 Å². The number of halogens is 3. The number of carbonyl (C=O) groups is 3. The number of nitrogens with zero attached hydrogens (tertiary/aromatic N) is 1. The van der Waals surface area contributed by atoms with Crippen LogP contribution in [0.5, 0.6) is 0 Å². The van der Waals surface area contributed by atoms with Gasteiger partial charge in [0.2, 0.25) is 5.91 Å². The Labute approximate surface area is 245 Å². The van der Waals surface area contributed by atoms with Crippen LogP contribution in [0, 0.1) is 23.0 Å². The molecule has 0 spiro atoms. The number of carbonyl (C=O) groups excluding carboxylic acids is 2. The maximum Gasteiger partial charge on any atom is 0.335 e. The van der Waals surface area contributed by atoms with E-state index < -0.39 is 62.8 Å². The molecule has 0 radical (unpaired) electrons. The molecule has 0 aliphatic carbocycles. The lowest BCUT2D eigenvalue weighted by Gasteiger charge is -2.33. The molecule has 4 rings (SSSR count). The fourth-order valence-electron chi connectivity index (χ4n) is 4.54. The van der Waals surface area contributed by atoms with E-state index >= 15 is 0 Å². The van der Waals surface area contributed by atoms with E-state index in [1.807, 2.05) is 6.07 Å². The largest absolute Gasteiger partial charge is 0.478 e. The minimum absolute atomic E-state index is 0.0103. The number of hydrogen-bond donors (Lipinski definition) is 3. The van der Waals surface area contributed by atoms with Crippen LogP contribution < -0.4 is 10.6 Å². The van der Waals surface area contributed by atoms with Gasteiger partial charge < -0.3 is 15.7 Å². The molecular weight excluding hydrogens is 592 g/mol. The smallest absolute Gasteiger partial charge is 0.335 e. The van der Waals surface area contributed by atoms with Crippen molar-refractivity contribution < 1.29 is 36.7 Å². The zero-order chi connectivity index (χ0) is 30.7. The molecule has 0 saturated carbocycles. The summed E-state index contributed by atoms with van der Waals surface area (Å²) < 4.78 is 52.7. The molecule has 3 N–H and O–H groups in total. The number of benzene rings is 3. The SMILES string of the molecule is N#CC1(NC(=O)[C@H](Cc2c(F)cccc2F)NC(=O)c2ccc(-c3cc(C(=O)O)ccc3Cl)cc2)CCS(=O)(=O)CC1. The van der Waals surface area contributed by atoms with Gasteiger partial charge in [0.15, 0.2) is 9.84 Å². The van der Waals surface area contributed by atoms with Crippen molar-refractivity contribution in [2.24, 2.45) is 0 Å². The molecule has 0 aromatic heterocycles. The number of sulfone groups is 1. The average Bonchev–Trinajstić information content (AvgIpc) is 2.96. The Kier molecular flexibility index (Phi) is 8.94. The van der Waals surface area contributed by atoms with E-state index in [-0.39, 0.29) is 40.5 Å². The van der Waals surface area contributed by atoms with Gasteiger partial charge in [0, 0.05) is 28.1 Å². The first kappa shape index (κ1) is 30.6. The van der Waals surface area contributed by atoms with Gasteiger partial charge in [0.25, 0.3) is 5.91 Å². The van der Waals surface area contributed by atoms with Gasteiger partial charge in [-0.05, 0) is 60.9 Å². The standard InChI is InChI=1S/C29H24ClF2N3O6S/c30-22-9-8-19(28(38)39)14-20(22)17-4-6-18(7-5-17)26(36)34-25(15-21-23(31)2-1-3-24(21)32)27(37)35-29(16-33)10-12-42(40,41)13-11-29/h1-9,14,25H,10-13,15H2,(H,34,36)(H,35,37)(H,38,39)/t25-/m0/s1. The Balaban J connectivity index is 1.59.